The molecule has 2 aromatic rings. The van der Waals surface area contributed by atoms with Crippen molar-refractivity contribution in [1.82, 2.24) is 4.98 Å². The van der Waals surface area contributed by atoms with Crippen molar-refractivity contribution in [2.24, 2.45) is 5.73 Å². The molecule has 0 fully saturated rings. The number of nitrogens with one attached hydrogen (secondary N) is 1. The van der Waals surface area contributed by atoms with Crippen LogP contribution in [0.2, 0.25) is 0 Å². The molecule has 0 radical (unpaired) electrons. The number of fused-ring (bicyclic) bond motifs is 1. The van der Waals surface area contributed by atoms with Gasteiger partial charge in [-0.2, -0.15) is 0 Å². The van der Waals surface area contributed by atoms with Gasteiger partial charge in [-0.3, -0.25) is 4.79 Å². The summed E-state index contributed by atoms with van der Waals surface area (Å²) in [4.78, 5) is 14.2. The first kappa shape index (κ1) is 14.3. The van der Waals surface area contributed by atoms with Gasteiger partial charge in [-0.25, -0.2) is 0 Å². The Balaban J connectivity index is 0.000000771. The Bertz CT molecular complexity index is 532. The van der Waals surface area contributed by atoms with Crippen LogP contribution in [0, 0.1) is 0 Å². The second-order valence-electron chi connectivity index (χ2n) is 3.97. The van der Waals surface area contributed by atoms with Gasteiger partial charge < -0.3 is 15.8 Å². The van der Waals surface area contributed by atoms with Crippen molar-refractivity contribution in [2.75, 3.05) is 0 Å². The quantitative estimate of drug-likeness (QED) is 0.780. The van der Waals surface area contributed by atoms with E-state index in [0.717, 1.165) is 16.5 Å². The standard InChI is InChI=1S/C12H14N2O2.C2H6/c1-7(15)11(13)4-8-6-14-12-3-2-9(16)5-10(8)12;1-2/h2-3,5-6,11,14,16H,4,13H2,1H3;1-2H3/t11-;/m0./s1. The van der Waals surface area contributed by atoms with Gasteiger partial charge >= 0.3 is 0 Å². The fourth-order valence-corrected chi connectivity index (χ4v) is 1.72. The lowest BCUT2D eigenvalue weighted by molar-refractivity contribution is -0.118. The van der Waals surface area contributed by atoms with E-state index in [4.69, 9.17) is 5.73 Å². The molecule has 0 saturated carbocycles. The number of H-pyrrole nitrogens is 1. The van der Waals surface area contributed by atoms with Crippen LogP contribution in [-0.2, 0) is 11.2 Å². The first-order valence-electron chi connectivity index (χ1n) is 6.13. The van der Waals surface area contributed by atoms with Crippen LogP contribution in [0.4, 0.5) is 0 Å². The van der Waals surface area contributed by atoms with Gasteiger partial charge in [0.05, 0.1) is 6.04 Å². The lowest BCUT2D eigenvalue weighted by Crippen LogP contribution is -2.30. The van der Waals surface area contributed by atoms with Crippen LogP contribution in [-0.4, -0.2) is 21.9 Å². The third-order valence-electron chi connectivity index (χ3n) is 2.71. The van der Waals surface area contributed by atoms with E-state index in [9.17, 15) is 9.90 Å². The van der Waals surface area contributed by atoms with E-state index in [1.807, 2.05) is 20.0 Å². The second-order valence-corrected chi connectivity index (χ2v) is 3.97. The monoisotopic (exact) mass is 248 g/mol. The average Bonchev–Trinajstić information content (AvgIpc) is 2.74. The van der Waals surface area contributed by atoms with Crippen LogP contribution in [0.15, 0.2) is 24.4 Å². The SMILES string of the molecule is CC.CC(=O)[C@@H](N)Cc1c[nH]c2ccc(O)cc12. The molecule has 4 nitrogen and oxygen atoms in total. The molecular formula is C14H20N2O2. The number of carbonyl (C=O) groups excluding carboxylic acids is 1. The number of aromatic hydroxyl groups is 1. The highest BCUT2D eigenvalue weighted by atomic mass is 16.3. The summed E-state index contributed by atoms with van der Waals surface area (Å²) in [7, 11) is 0. The molecule has 1 atom stereocenters. The van der Waals surface area contributed by atoms with Crippen molar-refractivity contribution in [3.8, 4) is 5.75 Å². The molecule has 0 aliphatic rings. The predicted octanol–water partition coefficient (Wildman–Crippen LogP) is 2.36. The number of rotatable bonds is 3. The normalized spacial score (nSPS) is 11.8. The molecule has 1 aromatic heterocycles. The zero-order chi connectivity index (χ0) is 13.7. The summed E-state index contributed by atoms with van der Waals surface area (Å²) < 4.78 is 0. The number of benzene rings is 1. The Kier molecular flexibility index (Phi) is 4.92. The van der Waals surface area contributed by atoms with E-state index in [1.54, 1.807) is 18.2 Å². The number of hydrogen-bond acceptors (Lipinski definition) is 3. The van der Waals surface area contributed by atoms with E-state index < -0.39 is 6.04 Å². The van der Waals surface area contributed by atoms with Gasteiger partial charge in [0, 0.05) is 17.1 Å². The van der Waals surface area contributed by atoms with Gasteiger partial charge in [0.1, 0.15) is 11.5 Å². The number of aromatic nitrogens is 1. The van der Waals surface area contributed by atoms with Gasteiger partial charge in [0.15, 0.2) is 0 Å². The Morgan fingerprint density at radius 3 is 2.72 bits per heavy atom. The molecular weight excluding hydrogens is 228 g/mol. The minimum absolute atomic E-state index is 0.0329. The highest BCUT2D eigenvalue weighted by Gasteiger charge is 2.12. The minimum Gasteiger partial charge on any atom is -0.508 e. The Hall–Kier alpha value is -1.81. The molecule has 0 spiro atoms. The van der Waals surface area contributed by atoms with Crippen LogP contribution in [0.5, 0.6) is 5.75 Å². The van der Waals surface area contributed by atoms with E-state index in [-0.39, 0.29) is 11.5 Å². The highest BCUT2D eigenvalue weighted by molar-refractivity contribution is 5.86. The number of aromatic amines is 1. The van der Waals surface area contributed by atoms with Gasteiger partial charge in [-0.1, -0.05) is 13.8 Å². The molecule has 18 heavy (non-hydrogen) atoms. The third kappa shape index (κ3) is 3.11. The first-order chi connectivity index (χ1) is 8.58. The summed E-state index contributed by atoms with van der Waals surface area (Å²) in [5.41, 5.74) is 7.60. The van der Waals surface area contributed by atoms with Crippen molar-refractivity contribution in [3.63, 3.8) is 0 Å². The molecule has 0 saturated heterocycles. The number of nitrogens with two attached hydrogens (primary N) is 1. The second kappa shape index (κ2) is 6.21. The number of phenolic OH excluding ortho intramolecular Hbond substituents is 1. The van der Waals surface area contributed by atoms with E-state index in [0.29, 0.717) is 6.42 Å². The summed E-state index contributed by atoms with van der Waals surface area (Å²) in [5.74, 6) is 0.180. The molecule has 1 heterocycles. The predicted molar refractivity (Wildman–Crippen MR) is 73.7 cm³/mol. The number of hydrogen-bond donors (Lipinski definition) is 3. The highest BCUT2D eigenvalue weighted by Crippen LogP contribution is 2.23. The molecule has 0 unspecified atom stereocenters. The molecule has 4 N–H and O–H groups in total. The first-order valence-corrected chi connectivity index (χ1v) is 6.13. The van der Waals surface area contributed by atoms with Crippen LogP contribution in [0.25, 0.3) is 10.9 Å². The average molecular weight is 248 g/mol. The topological polar surface area (TPSA) is 79.1 Å². The van der Waals surface area contributed by atoms with Gasteiger partial charge in [-0.15, -0.1) is 0 Å². The fourth-order valence-electron chi connectivity index (χ4n) is 1.72. The fraction of sp³-hybridized carbons (Fsp3) is 0.357. The minimum atomic E-state index is -0.485. The van der Waals surface area contributed by atoms with Gasteiger partial charge in [-0.05, 0) is 37.1 Å². The zero-order valence-electron chi connectivity index (χ0n) is 11.0. The zero-order valence-corrected chi connectivity index (χ0v) is 11.0. The van der Waals surface area contributed by atoms with Crippen molar-refractivity contribution in [3.05, 3.63) is 30.0 Å². The molecule has 0 amide bonds. The third-order valence-corrected chi connectivity index (χ3v) is 2.71. The van der Waals surface area contributed by atoms with Gasteiger partial charge in [0.2, 0.25) is 0 Å². The number of carbonyl (C=O) groups is 1. The lowest BCUT2D eigenvalue weighted by Gasteiger charge is -2.06. The van der Waals surface area contributed by atoms with E-state index >= 15 is 0 Å². The number of ketones is 1. The summed E-state index contributed by atoms with van der Waals surface area (Å²) >= 11 is 0. The summed E-state index contributed by atoms with van der Waals surface area (Å²) in [6.45, 7) is 5.48. The van der Waals surface area contributed by atoms with E-state index in [2.05, 4.69) is 4.98 Å². The van der Waals surface area contributed by atoms with Crippen LogP contribution in [0.1, 0.15) is 26.3 Å². The smallest absolute Gasteiger partial charge is 0.146 e. The Morgan fingerprint density at radius 2 is 2.11 bits per heavy atom. The maximum Gasteiger partial charge on any atom is 0.146 e. The van der Waals surface area contributed by atoms with Crippen molar-refractivity contribution in [1.29, 1.82) is 0 Å². The van der Waals surface area contributed by atoms with Crippen molar-refractivity contribution >= 4 is 16.7 Å². The summed E-state index contributed by atoms with van der Waals surface area (Å²) in [6, 6.07) is 4.61. The number of phenols is 1. The maximum absolute atomic E-state index is 11.1. The van der Waals surface area contributed by atoms with Crippen molar-refractivity contribution < 1.29 is 9.90 Å². The Labute approximate surface area is 107 Å². The largest absolute Gasteiger partial charge is 0.508 e. The van der Waals surface area contributed by atoms with Crippen molar-refractivity contribution in [2.45, 2.75) is 33.2 Å². The Morgan fingerprint density at radius 1 is 1.44 bits per heavy atom. The van der Waals surface area contributed by atoms with Crippen LogP contribution >= 0.6 is 0 Å². The lowest BCUT2D eigenvalue weighted by atomic mass is 10.0. The summed E-state index contributed by atoms with van der Waals surface area (Å²) in [5, 5.41) is 10.3. The molecule has 0 aliphatic heterocycles. The number of Topliss-reactive ketones (excluding diaryl/α,β-unsaturated/α-hetero) is 1. The van der Waals surface area contributed by atoms with E-state index in [1.165, 1.54) is 6.92 Å². The van der Waals surface area contributed by atoms with Gasteiger partial charge in [0.25, 0.3) is 0 Å². The van der Waals surface area contributed by atoms with Crippen LogP contribution < -0.4 is 5.73 Å². The molecule has 0 bridgehead atoms. The molecule has 4 heteroatoms. The summed E-state index contributed by atoms with van der Waals surface area (Å²) in [6.07, 6.45) is 2.31. The molecule has 98 valence electrons. The molecule has 2 rings (SSSR count). The maximum atomic E-state index is 11.1. The van der Waals surface area contributed by atoms with Crippen LogP contribution in [0.3, 0.4) is 0 Å². The molecule has 1 aromatic carbocycles. The molecule has 0 aliphatic carbocycles.